The summed E-state index contributed by atoms with van der Waals surface area (Å²) < 4.78 is 12.1. The van der Waals surface area contributed by atoms with Gasteiger partial charge in [0.2, 0.25) is 11.6 Å². The van der Waals surface area contributed by atoms with Crippen LogP contribution in [0.25, 0.3) is 0 Å². The molecule has 0 aromatic heterocycles. The van der Waals surface area contributed by atoms with Gasteiger partial charge in [-0.05, 0) is 77.6 Å². The van der Waals surface area contributed by atoms with Crippen LogP contribution in [0.2, 0.25) is 0 Å². The number of Topliss-reactive ketones (excluding diaryl/α,β-unsaturated/α-hetero) is 6. The Morgan fingerprint density at radius 3 is 1.22 bits per heavy atom. The van der Waals surface area contributed by atoms with E-state index >= 15 is 0 Å². The molecular weight excluding hydrogens is 640 g/mol. The van der Waals surface area contributed by atoms with Crippen LogP contribution in [0.5, 0.6) is 11.5 Å². The average Bonchev–Trinajstić information content (AvgIpc) is 3.07. The van der Waals surface area contributed by atoms with Gasteiger partial charge in [0.25, 0.3) is 0 Å². The Labute approximate surface area is 285 Å². The largest absolute Gasteiger partial charge is 0.504 e. The van der Waals surface area contributed by atoms with E-state index in [9.17, 15) is 39.0 Å². The first-order valence-electron chi connectivity index (χ1n) is 16.3. The molecule has 8 rings (SSSR count). The molecule has 3 aliphatic carbocycles. The number of ether oxygens (including phenoxy) is 2. The maximum atomic E-state index is 14.4. The SMILES string of the molecule is CC1(C)CCc2c(ccc3c2C(=O)C(O)=C(C2=C(C4=C(O)C(=O)c5c(ccc6c5CCC(C)(C)O6)C4=O)C(=O)c4ccccc4C2=O)C3=O)O1. The van der Waals surface area contributed by atoms with E-state index in [0.29, 0.717) is 48.3 Å². The van der Waals surface area contributed by atoms with Gasteiger partial charge in [-0.3, -0.25) is 28.8 Å². The van der Waals surface area contributed by atoms with Crippen molar-refractivity contribution in [3.05, 3.63) is 127 Å². The van der Waals surface area contributed by atoms with Crippen molar-refractivity contribution in [3.63, 3.8) is 0 Å². The fourth-order valence-electron chi connectivity index (χ4n) is 7.66. The maximum absolute atomic E-state index is 14.4. The van der Waals surface area contributed by atoms with Crippen LogP contribution < -0.4 is 9.47 Å². The van der Waals surface area contributed by atoms with E-state index in [1.165, 1.54) is 36.4 Å². The van der Waals surface area contributed by atoms with Gasteiger partial charge in [0.1, 0.15) is 22.7 Å². The molecule has 3 aromatic carbocycles. The van der Waals surface area contributed by atoms with Crippen LogP contribution in [-0.2, 0) is 12.8 Å². The number of hydrogen-bond acceptors (Lipinski definition) is 10. The number of fused-ring (bicyclic) bond motifs is 7. The van der Waals surface area contributed by atoms with E-state index < -0.39 is 79.7 Å². The van der Waals surface area contributed by atoms with Gasteiger partial charge in [-0.25, -0.2) is 0 Å². The fraction of sp³-hybridized carbons (Fsp3) is 0.250. The minimum Gasteiger partial charge on any atom is -0.504 e. The summed E-state index contributed by atoms with van der Waals surface area (Å²) >= 11 is 0. The summed E-state index contributed by atoms with van der Waals surface area (Å²) in [6, 6.07) is 11.5. The van der Waals surface area contributed by atoms with E-state index in [-0.39, 0.29) is 33.4 Å². The molecule has 250 valence electrons. The van der Waals surface area contributed by atoms with Gasteiger partial charge < -0.3 is 19.7 Å². The van der Waals surface area contributed by atoms with Gasteiger partial charge >= 0.3 is 0 Å². The topological polar surface area (TPSA) is 161 Å². The van der Waals surface area contributed by atoms with Gasteiger partial charge in [-0.2, -0.15) is 0 Å². The number of benzene rings is 3. The number of carbonyl (C=O) groups excluding carboxylic acids is 6. The van der Waals surface area contributed by atoms with Crippen molar-refractivity contribution in [1.29, 1.82) is 0 Å². The smallest absolute Gasteiger partial charge is 0.229 e. The molecule has 3 aromatic rings. The zero-order valence-corrected chi connectivity index (χ0v) is 27.6. The van der Waals surface area contributed by atoms with Crippen LogP contribution in [0.15, 0.2) is 82.3 Å². The highest BCUT2D eigenvalue weighted by Crippen LogP contribution is 2.46. The van der Waals surface area contributed by atoms with E-state index in [0.717, 1.165) is 0 Å². The molecule has 0 atom stereocenters. The second-order valence-electron chi connectivity index (χ2n) is 14.4. The first kappa shape index (κ1) is 31.4. The molecule has 5 aliphatic rings. The first-order valence-corrected chi connectivity index (χ1v) is 16.3. The molecule has 0 radical (unpaired) electrons. The third kappa shape index (κ3) is 4.27. The lowest BCUT2D eigenvalue weighted by molar-refractivity contribution is 0.0818. The predicted molar refractivity (Wildman–Crippen MR) is 178 cm³/mol. The van der Waals surface area contributed by atoms with Crippen LogP contribution in [0, 0.1) is 0 Å². The van der Waals surface area contributed by atoms with Crippen LogP contribution in [0.3, 0.4) is 0 Å². The van der Waals surface area contributed by atoms with Crippen molar-refractivity contribution in [2.75, 3.05) is 0 Å². The van der Waals surface area contributed by atoms with Crippen molar-refractivity contribution in [2.24, 2.45) is 0 Å². The molecule has 0 saturated heterocycles. The molecule has 0 fully saturated rings. The molecule has 0 unspecified atom stereocenters. The van der Waals surface area contributed by atoms with Crippen LogP contribution in [0.1, 0.15) is 114 Å². The summed E-state index contributed by atoms with van der Waals surface area (Å²) in [5.74, 6) is -7.15. The molecule has 10 nitrogen and oxygen atoms in total. The maximum Gasteiger partial charge on any atom is 0.229 e. The number of ketones is 6. The summed E-state index contributed by atoms with van der Waals surface area (Å²) in [7, 11) is 0. The van der Waals surface area contributed by atoms with E-state index in [1.54, 1.807) is 12.1 Å². The number of hydrogen-bond donors (Lipinski definition) is 2. The zero-order chi connectivity index (χ0) is 35.6. The third-order valence-corrected chi connectivity index (χ3v) is 10.2. The van der Waals surface area contributed by atoms with Crippen molar-refractivity contribution in [3.8, 4) is 11.5 Å². The molecule has 0 spiro atoms. The molecular formula is C40H30O10. The second-order valence-corrected chi connectivity index (χ2v) is 14.4. The first-order chi connectivity index (χ1) is 23.6. The highest BCUT2D eigenvalue weighted by Gasteiger charge is 2.48. The Bertz CT molecular complexity index is 2180. The Morgan fingerprint density at radius 1 is 0.480 bits per heavy atom. The Balaban J connectivity index is 1.36. The van der Waals surface area contributed by atoms with E-state index in [2.05, 4.69) is 0 Å². The lowest BCUT2D eigenvalue weighted by Crippen LogP contribution is -2.36. The second kappa shape index (κ2) is 10.3. The van der Waals surface area contributed by atoms with Crippen LogP contribution in [-0.4, -0.2) is 56.1 Å². The molecule has 2 aliphatic heterocycles. The highest BCUT2D eigenvalue weighted by molar-refractivity contribution is 6.41. The lowest BCUT2D eigenvalue weighted by atomic mass is 9.71. The van der Waals surface area contributed by atoms with Gasteiger partial charge in [-0.15, -0.1) is 0 Å². The van der Waals surface area contributed by atoms with Crippen molar-refractivity contribution >= 4 is 34.7 Å². The van der Waals surface area contributed by atoms with Crippen molar-refractivity contribution < 1.29 is 48.5 Å². The predicted octanol–water partition coefficient (Wildman–Crippen LogP) is 6.35. The zero-order valence-electron chi connectivity index (χ0n) is 27.6. The molecule has 0 bridgehead atoms. The lowest BCUT2D eigenvalue weighted by Gasteiger charge is -2.35. The molecule has 50 heavy (non-hydrogen) atoms. The van der Waals surface area contributed by atoms with E-state index in [1.807, 2.05) is 27.7 Å². The number of allylic oxidation sites excluding steroid dienone is 6. The summed E-state index contributed by atoms with van der Waals surface area (Å²) in [6.45, 7) is 7.55. The molecule has 0 saturated carbocycles. The quantitative estimate of drug-likeness (QED) is 0.314. The number of rotatable bonds is 2. The molecule has 2 N–H and O–H groups in total. The number of carbonyl (C=O) groups is 6. The molecule has 2 heterocycles. The Morgan fingerprint density at radius 2 is 0.840 bits per heavy atom. The summed E-state index contributed by atoms with van der Waals surface area (Å²) in [5, 5.41) is 23.0. The Hall–Kier alpha value is -5.90. The summed E-state index contributed by atoms with van der Waals surface area (Å²) in [4.78, 5) is 85.4. The fourth-order valence-corrected chi connectivity index (χ4v) is 7.66. The minimum atomic E-state index is -1.10. The summed E-state index contributed by atoms with van der Waals surface area (Å²) in [5.41, 5.74) is -3.99. The van der Waals surface area contributed by atoms with Gasteiger partial charge in [0.05, 0.1) is 11.1 Å². The molecule has 10 heteroatoms. The van der Waals surface area contributed by atoms with Gasteiger partial charge in [0.15, 0.2) is 34.7 Å². The summed E-state index contributed by atoms with van der Waals surface area (Å²) in [6.07, 6.45) is 1.78. The van der Waals surface area contributed by atoms with Crippen molar-refractivity contribution in [1.82, 2.24) is 0 Å². The van der Waals surface area contributed by atoms with Crippen LogP contribution in [0.4, 0.5) is 0 Å². The Kier molecular flexibility index (Phi) is 6.47. The standard InChI is InChI=1S/C40H30O10/c1-39(2)15-13-19-23(49-39)11-9-21-25(19)35(45)37(47)29(33(21)43)27-28(32(42)18-8-6-5-7-17(18)31(27)41)30-34(44)22-10-12-24-20(14-16-40(3,4)50-24)26(22)36(46)38(30)48/h5-12,47-48H,13-16H2,1-4H3. The van der Waals surface area contributed by atoms with Gasteiger partial charge in [-0.1, -0.05) is 24.3 Å². The monoisotopic (exact) mass is 670 g/mol. The third-order valence-electron chi connectivity index (χ3n) is 10.2. The number of aliphatic hydroxyl groups is 2. The van der Waals surface area contributed by atoms with E-state index in [4.69, 9.17) is 9.47 Å². The van der Waals surface area contributed by atoms with Crippen LogP contribution >= 0.6 is 0 Å². The van der Waals surface area contributed by atoms with Crippen molar-refractivity contribution in [2.45, 2.75) is 64.6 Å². The normalized spacial score (nSPS) is 20.5. The number of aliphatic hydroxyl groups excluding tert-OH is 2. The molecule has 0 amide bonds. The minimum absolute atomic E-state index is 0.0727. The highest BCUT2D eigenvalue weighted by atomic mass is 16.5. The average molecular weight is 671 g/mol. The van der Waals surface area contributed by atoms with Gasteiger partial charge in [0, 0.05) is 55.7 Å².